The maximum Gasteiger partial charge on any atom is 0.232 e. The lowest BCUT2D eigenvalue weighted by Crippen LogP contribution is -2.42. The summed E-state index contributed by atoms with van der Waals surface area (Å²) in [6.45, 7) is 2.78. The third-order valence-corrected chi connectivity index (χ3v) is 4.89. The number of ether oxygens (including phenoxy) is 1. The SMILES string of the molecule is O=C(CSCC(=O)N1CCOCC1)NCC1(O)CCCC1. The second-order valence-electron chi connectivity index (χ2n) is 5.69. The van der Waals surface area contributed by atoms with Crippen molar-refractivity contribution in [3.8, 4) is 0 Å². The Morgan fingerprint density at radius 2 is 1.86 bits per heavy atom. The van der Waals surface area contributed by atoms with Crippen LogP contribution in [0.4, 0.5) is 0 Å². The summed E-state index contributed by atoms with van der Waals surface area (Å²) in [4.78, 5) is 25.4. The zero-order valence-electron chi connectivity index (χ0n) is 12.3. The average Bonchev–Trinajstić information content (AvgIpc) is 2.93. The van der Waals surface area contributed by atoms with E-state index in [4.69, 9.17) is 4.74 Å². The Morgan fingerprint density at radius 1 is 1.19 bits per heavy atom. The Morgan fingerprint density at radius 3 is 2.52 bits per heavy atom. The van der Waals surface area contributed by atoms with Gasteiger partial charge in [0.15, 0.2) is 0 Å². The molecule has 2 fully saturated rings. The predicted molar refractivity (Wildman–Crippen MR) is 81.2 cm³/mol. The van der Waals surface area contributed by atoms with Gasteiger partial charge in [0.25, 0.3) is 0 Å². The zero-order valence-corrected chi connectivity index (χ0v) is 13.1. The molecule has 2 rings (SSSR count). The first-order valence-electron chi connectivity index (χ1n) is 7.51. The minimum absolute atomic E-state index is 0.0607. The molecule has 2 aliphatic rings. The molecule has 0 aromatic rings. The van der Waals surface area contributed by atoms with E-state index < -0.39 is 5.60 Å². The van der Waals surface area contributed by atoms with Crippen LogP contribution < -0.4 is 5.32 Å². The first-order chi connectivity index (χ1) is 10.1. The highest BCUT2D eigenvalue weighted by atomic mass is 32.2. The molecule has 0 bridgehead atoms. The second kappa shape index (κ2) is 8.00. The maximum absolute atomic E-state index is 11.9. The Hall–Kier alpha value is -0.790. The van der Waals surface area contributed by atoms with Crippen molar-refractivity contribution < 1.29 is 19.4 Å². The number of thioether (sulfide) groups is 1. The highest BCUT2D eigenvalue weighted by Crippen LogP contribution is 2.28. The molecule has 2 N–H and O–H groups in total. The Bertz CT molecular complexity index is 366. The number of amides is 2. The van der Waals surface area contributed by atoms with E-state index in [0.29, 0.717) is 38.6 Å². The van der Waals surface area contributed by atoms with Gasteiger partial charge in [0.2, 0.25) is 11.8 Å². The van der Waals surface area contributed by atoms with Gasteiger partial charge in [0.05, 0.1) is 30.3 Å². The van der Waals surface area contributed by atoms with Crippen LogP contribution >= 0.6 is 11.8 Å². The number of rotatable bonds is 6. The molecule has 0 radical (unpaired) electrons. The number of nitrogens with one attached hydrogen (secondary N) is 1. The van der Waals surface area contributed by atoms with Crippen LogP contribution in [0.15, 0.2) is 0 Å². The highest BCUT2D eigenvalue weighted by molar-refractivity contribution is 8.00. The number of nitrogens with zero attached hydrogens (tertiary/aromatic N) is 1. The van der Waals surface area contributed by atoms with Gasteiger partial charge in [-0.05, 0) is 12.8 Å². The van der Waals surface area contributed by atoms with Gasteiger partial charge in [0, 0.05) is 19.6 Å². The molecule has 120 valence electrons. The van der Waals surface area contributed by atoms with Gasteiger partial charge in [-0.25, -0.2) is 0 Å². The van der Waals surface area contributed by atoms with Gasteiger partial charge < -0.3 is 20.1 Å². The lowest BCUT2D eigenvalue weighted by molar-refractivity contribution is -0.132. The number of carbonyl (C=O) groups is 2. The maximum atomic E-state index is 11.9. The molecule has 1 saturated carbocycles. The quantitative estimate of drug-likeness (QED) is 0.721. The summed E-state index contributed by atoms with van der Waals surface area (Å²) in [5, 5.41) is 12.9. The number of carbonyl (C=O) groups excluding carboxylic acids is 2. The molecule has 1 aliphatic heterocycles. The molecule has 0 aromatic heterocycles. The van der Waals surface area contributed by atoms with E-state index in [9.17, 15) is 14.7 Å². The average molecular weight is 316 g/mol. The molecular weight excluding hydrogens is 292 g/mol. The summed E-state index contributed by atoms with van der Waals surface area (Å²) >= 11 is 1.32. The van der Waals surface area contributed by atoms with Crippen molar-refractivity contribution in [2.75, 3.05) is 44.4 Å². The van der Waals surface area contributed by atoms with Crippen LogP contribution in [0.2, 0.25) is 0 Å². The standard InChI is InChI=1S/C14H24N2O4S/c17-12(15-11-14(19)3-1-2-4-14)9-21-10-13(18)16-5-7-20-8-6-16/h19H,1-11H2,(H,15,17). The summed E-state index contributed by atoms with van der Waals surface area (Å²) in [6, 6.07) is 0. The summed E-state index contributed by atoms with van der Waals surface area (Å²) in [6.07, 6.45) is 3.57. The van der Waals surface area contributed by atoms with Crippen molar-refractivity contribution in [1.29, 1.82) is 0 Å². The van der Waals surface area contributed by atoms with Crippen molar-refractivity contribution >= 4 is 23.6 Å². The van der Waals surface area contributed by atoms with Gasteiger partial charge in [-0.3, -0.25) is 9.59 Å². The lowest BCUT2D eigenvalue weighted by Gasteiger charge is -2.26. The molecule has 21 heavy (non-hydrogen) atoms. The molecule has 2 amide bonds. The topological polar surface area (TPSA) is 78.9 Å². The fourth-order valence-corrected chi connectivity index (χ4v) is 3.41. The van der Waals surface area contributed by atoms with Gasteiger partial charge in [-0.15, -0.1) is 11.8 Å². The molecule has 0 atom stereocenters. The molecule has 1 saturated heterocycles. The van der Waals surface area contributed by atoms with E-state index in [1.54, 1.807) is 4.90 Å². The predicted octanol–water partition coefficient (Wildman–Crippen LogP) is -0.000300. The third-order valence-electron chi connectivity index (χ3n) is 3.97. The number of hydrogen-bond acceptors (Lipinski definition) is 5. The largest absolute Gasteiger partial charge is 0.388 e. The summed E-state index contributed by atoms with van der Waals surface area (Å²) in [5.41, 5.74) is -0.718. The number of aliphatic hydroxyl groups is 1. The van der Waals surface area contributed by atoms with E-state index in [1.807, 2.05) is 0 Å². The number of hydrogen-bond donors (Lipinski definition) is 2. The summed E-state index contributed by atoms with van der Waals surface area (Å²) in [5.74, 6) is 0.518. The number of morpholine rings is 1. The van der Waals surface area contributed by atoms with Gasteiger partial charge in [-0.2, -0.15) is 0 Å². The van der Waals surface area contributed by atoms with E-state index >= 15 is 0 Å². The van der Waals surface area contributed by atoms with Gasteiger partial charge in [0.1, 0.15) is 0 Å². The Balaban J connectivity index is 1.57. The fraction of sp³-hybridized carbons (Fsp3) is 0.857. The molecule has 1 aliphatic carbocycles. The molecule has 0 aromatic carbocycles. The van der Waals surface area contributed by atoms with Crippen LogP contribution in [0.1, 0.15) is 25.7 Å². The monoisotopic (exact) mass is 316 g/mol. The van der Waals surface area contributed by atoms with Crippen LogP contribution in [0, 0.1) is 0 Å². The molecule has 0 unspecified atom stereocenters. The summed E-state index contributed by atoms with van der Waals surface area (Å²) < 4.78 is 5.19. The van der Waals surface area contributed by atoms with E-state index in [1.165, 1.54) is 11.8 Å². The van der Waals surface area contributed by atoms with Crippen LogP contribution in [-0.2, 0) is 14.3 Å². The molecule has 7 heteroatoms. The van der Waals surface area contributed by atoms with E-state index in [0.717, 1.165) is 25.7 Å². The van der Waals surface area contributed by atoms with Crippen LogP contribution in [-0.4, -0.2) is 71.8 Å². The van der Waals surface area contributed by atoms with Crippen molar-refractivity contribution in [2.24, 2.45) is 0 Å². The van der Waals surface area contributed by atoms with Gasteiger partial charge in [-0.1, -0.05) is 12.8 Å². The van der Waals surface area contributed by atoms with Crippen LogP contribution in [0.3, 0.4) is 0 Å². The van der Waals surface area contributed by atoms with Crippen molar-refractivity contribution in [2.45, 2.75) is 31.3 Å². The van der Waals surface area contributed by atoms with Crippen molar-refractivity contribution in [3.63, 3.8) is 0 Å². The van der Waals surface area contributed by atoms with Gasteiger partial charge >= 0.3 is 0 Å². The van der Waals surface area contributed by atoms with Crippen LogP contribution in [0.25, 0.3) is 0 Å². The molecular formula is C14H24N2O4S. The Kier molecular flexibility index (Phi) is 6.32. The summed E-state index contributed by atoms with van der Waals surface area (Å²) in [7, 11) is 0. The molecule has 1 heterocycles. The van der Waals surface area contributed by atoms with E-state index in [-0.39, 0.29) is 17.6 Å². The zero-order chi connectivity index (χ0) is 15.1. The molecule has 6 nitrogen and oxygen atoms in total. The smallest absolute Gasteiger partial charge is 0.232 e. The first-order valence-corrected chi connectivity index (χ1v) is 8.67. The minimum atomic E-state index is -0.718. The molecule has 0 spiro atoms. The van der Waals surface area contributed by atoms with Crippen molar-refractivity contribution in [1.82, 2.24) is 10.2 Å². The van der Waals surface area contributed by atoms with E-state index in [2.05, 4.69) is 5.32 Å². The first kappa shape index (κ1) is 16.6. The van der Waals surface area contributed by atoms with Crippen LogP contribution in [0.5, 0.6) is 0 Å². The minimum Gasteiger partial charge on any atom is -0.388 e. The van der Waals surface area contributed by atoms with Crippen molar-refractivity contribution in [3.05, 3.63) is 0 Å². The lowest BCUT2D eigenvalue weighted by atomic mass is 10.0. The fourth-order valence-electron chi connectivity index (χ4n) is 2.66. The normalized spacial score (nSPS) is 21.3. The highest BCUT2D eigenvalue weighted by Gasteiger charge is 2.31. The third kappa shape index (κ3) is 5.48. The second-order valence-corrected chi connectivity index (χ2v) is 6.68. The Labute approximate surface area is 129 Å².